The summed E-state index contributed by atoms with van der Waals surface area (Å²) < 4.78 is 1.66. The highest BCUT2D eigenvalue weighted by molar-refractivity contribution is 14.0. The molecule has 0 radical (unpaired) electrons. The van der Waals surface area contributed by atoms with Gasteiger partial charge in [-0.15, -0.1) is 24.0 Å². The molecule has 7 nitrogen and oxygen atoms in total. The van der Waals surface area contributed by atoms with E-state index >= 15 is 0 Å². The lowest BCUT2D eigenvalue weighted by atomic mass is 10.0. The maximum absolute atomic E-state index is 5.98. The molecule has 1 saturated heterocycles. The fraction of sp³-hybridized carbons (Fsp3) is 0.471. The Bertz CT molecular complexity index is 663. The van der Waals surface area contributed by atoms with Crippen LogP contribution in [0, 0.1) is 0 Å². The number of aliphatic imine (C=N–C) groups is 1. The lowest BCUT2D eigenvalue weighted by molar-refractivity contribution is 0.199. The van der Waals surface area contributed by atoms with E-state index in [1.807, 2.05) is 7.05 Å². The van der Waals surface area contributed by atoms with Crippen LogP contribution in [0.2, 0.25) is 0 Å². The first-order valence-electron chi connectivity index (χ1n) is 8.36. The summed E-state index contributed by atoms with van der Waals surface area (Å²) in [5.74, 6) is 1.16. The number of likely N-dealkylation sites (tertiary alicyclic amines) is 1. The van der Waals surface area contributed by atoms with Gasteiger partial charge >= 0.3 is 0 Å². The topological polar surface area (TPSA) is 84.4 Å². The molecule has 1 fully saturated rings. The minimum Gasteiger partial charge on any atom is -0.370 e. The second-order valence-electron chi connectivity index (χ2n) is 6.22. The van der Waals surface area contributed by atoms with Crippen molar-refractivity contribution >= 4 is 29.9 Å². The van der Waals surface area contributed by atoms with Crippen LogP contribution in [0.25, 0.3) is 0 Å². The van der Waals surface area contributed by atoms with Gasteiger partial charge in [-0.25, -0.2) is 9.98 Å². The van der Waals surface area contributed by atoms with Crippen molar-refractivity contribution in [1.29, 1.82) is 0 Å². The number of benzene rings is 1. The Hall–Kier alpha value is -1.68. The van der Waals surface area contributed by atoms with Gasteiger partial charge in [0.05, 0.1) is 0 Å². The molecule has 8 heteroatoms. The van der Waals surface area contributed by atoms with Gasteiger partial charge in [-0.3, -0.25) is 9.58 Å². The summed E-state index contributed by atoms with van der Waals surface area (Å²) in [7, 11) is 1.84. The zero-order valence-electron chi connectivity index (χ0n) is 14.5. The molecule has 0 unspecified atom stereocenters. The molecule has 0 spiro atoms. The standard InChI is InChI=1S/C17H25N7.HI/c1-23-13-20-16(22-23)11-19-17(18)21-15-7-9-24(10-8-15)12-14-5-3-2-4-6-14;/h2-6,13,15H,7-12H2,1H3,(H3,18,19,21);1H. The van der Waals surface area contributed by atoms with Gasteiger partial charge in [0.15, 0.2) is 11.8 Å². The van der Waals surface area contributed by atoms with Gasteiger partial charge in [-0.1, -0.05) is 30.3 Å². The fourth-order valence-electron chi connectivity index (χ4n) is 2.94. The van der Waals surface area contributed by atoms with Crippen LogP contribution in [-0.4, -0.2) is 44.8 Å². The lowest BCUT2D eigenvalue weighted by Gasteiger charge is -2.32. The number of nitrogens with zero attached hydrogens (tertiary/aromatic N) is 5. The molecular weight excluding hydrogens is 429 g/mol. The molecule has 0 atom stereocenters. The molecule has 0 amide bonds. The van der Waals surface area contributed by atoms with E-state index < -0.39 is 0 Å². The zero-order valence-corrected chi connectivity index (χ0v) is 16.8. The fourth-order valence-corrected chi connectivity index (χ4v) is 2.94. The summed E-state index contributed by atoms with van der Waals surface area (Å²) in [6.45, 7) is 3.57. The number of nitrogens with two attached hydrogens (primary N) is 1. The second kappa shape index (κ2) is 9.71. The van der Waals surface area contributed by atoms with Gasteiger partial charge in [0, 0.05) is 32.7 Å². The molecule has 1 aliphatic heterocycles. The number of halogens is 1. The van der Waals surface area contributed by atoms with E-state index in [2.05, 4.69) is 55.6 Å². The Morgan fingerprint density at radius 1 is 1.28 bits per heavy atom. The quantitative estimate of drug-likeness (QED) is 0.406. The largest absolute Gasteiger partial charge is 0.370 e. The van der Waals surface area contributed by atoms with Crippen molar-refractivity contribution in [2.45, 2.75) is 32.0 Å². The third-order valence-electron chi connectivity index (χ3n) is 4.23. The van der Waals surface area contributed by atoms with E-state index in [0.717, 1.165) is 32.5 Å². The van der Waals surface area contributed by atoms with Gasteiger partial charge < -0.3 is 11.1 Å². The molecule has 3 N–H and O–H groups in total. The highest BCUT2D eigenvalue weighted by atomic mass is 127. The molecule has 2 heterocycles. The smallest absolute Gasteiger partial charge is 0.189 e. The van der Waals surface area contributed by atoms with Crippen molar-refractivity contribution in [2.24, 2.45) is 17.8 Å². The average molecular weight is 455 g/mol. The molecule has 2 aromatic rings. The summed E-state index contributed by atoms with van der Waals surface area (Å²) in [5.41, 5.74) is 7.35. The van der Waals surface area contributed by atoms with E-state index in [1.54, 1.807) is 11.0 Å². The van der Waals surface area contributed by atoms with Crippen molar-refractivity contribution in [3.8, 4) is 0 Å². The Kier molecular flexibility index (Phi) is 7.63. The minimum absolute atomic E-state index is 0. The monoisotopic (exact) mass is 455 g/mol. The van der Waals surface area contributed by atoms with E-state index in [4.69, 9.17) is 5.73 Å². The first-order chi connectivity index (χ1) is 11.7. The highest BCUT2D eigenvalue weighted by Crippen LogP contribution is 2.13. The van der Waals surface area contributed by atoms with Crippen LogP contribution in [0.15, 0.2) is 41.7 Å². The van der Waals surface area contributed by atoms with E-state index in [-0.39, 0.29) is 24.0 Å². The summed E-state index contributed by atoms with van der Waals surface area (Å²) in [4.78, 5) is 10.9. The van der Waals surface area contributed by atoms with E-state index in [9.17, 15) is 0 Å². The van der Waals surface area contributed by atoms with Crippen LogP contribution < -0.4 is 11.1 Å². The van der Waals surface area contributed by atoms with Gasteiger partial charge in [0.2, 0.25) is 0 Å². The number of guanidine groups is 1. The number of aryl methyl sites for hydroxylation is 1. The Morgan fingerprint density at radius 2 is 2.00 bits per heavy atom. The molecule has 25 heavy (non-hydrogen) atoms. The zero-order chi connectivity index (χ0) is 16.8. The minimum atomic E-state index is 0. The van der Waals surface area contributed by atoms with Gasteiger partial charge in [-0.05, 0) is 18.4 Å². The van der Waals surface area contributed by atoms with Crippen molar-refractivity contribution in [1.82, 2.24) is 25.0 Å². The second-order valence-corrected chi connectivity index (χ2v) is 6.22. The average Bonchev–Trinajstić information content (AvgIpc) is 3.01. The van der Waals surface area contributed by atoms with Crippen molar-refractivity contribution in [2.75, 3.05) is 13.1 Å². The lowest BCUT2D eigenvalue weighted by Crippen LogP contribution is -2.46. The molecule has 3 rings (SSSR count). The Balaban J connectivity index is 0.00000225. The summed E-state index contributed by atoms with van der Waals surface area (Å²) in [5, 5.41) is 7.51. The SMILES string of the molecule is Cn1cnc(CN=C(N)NC2CCN(Cc3ccccc3)CC2)n1.I. The molecule has 1 aliphatic rings. The number of hydrogen-bond donors (Lipinski definition) is 2. The highest BCUT2D eigenvalue weighted by Gasteiger charge is 2.19. The Labute approximate surface area is 165 Å². The first kappa shape index (κ1) is 19.6. The molecule has 1 aromatic carbocycles. The normalized spacial score (nSPS) is 16.4. The molecule has 0 bridgehead atoms. The van der Waals surface area contributed by atoms with Gasteiger partial charge in [0.1, 0.15) is 12.9 Å². The number of piperidine rings is 1. The van der Waals surface area contributed by atoms with Crippen LogP contribution in [0.3, 0.4) is 0 Å². The summed E-state index contributed by atoms with van der Waals surface area (Å²) in [6, 6.07) is 11.0. The van der Waals surface area contributed by atoms with Crippen LogP contribution >= 0.6 is 24.0 Å². The van der Waals surface area contributed by atoms with Crippen LogP contribution in [0.1, 0.15) is 24.2 Å². The number of aromatic nitrogens is 3. The number of hydrogen-bond acceptors (Lipinski definition) is 4. The van der Waals surface area contributed by atoms with Gasteiger partial charge in [0.25, 0.3) is 0 Å². The maximum atomic E-state index is 5.98. The van der Waals surface area contributed by atoms with E-state index in [0.29, 0.717) is 24.4 Å². The third-order valence-corrected chi connectivity index (χ3v) is 4.23. The van der Waals surface area contributed by atoms with Gasteiger partial charge in [-0.2, -0.15) is 5.10 Å². The first-order valence-corrected chi connectivity index (χ1v) is 8.36. The predicted molar refractivity (Wildman–Crippen MR) is 110 cm³/mol. The molecule has 136 valence electrons. The van der Waals surface area contributed by atoms with Crippen molar-refractivity contribution in [3.05, 3.63) is 48.0 Å². The Morgan fingerprint density at radius 3 is 2.64 bits per heavy atom. The maximum Gasteiger partial charge on any atom is 0.189 e. The van der Waals surface area contributed by atoms with Crippen LogP contribution in [-0.2, 0) is 20.1 Å². The summed E-state index contributed by atoms with van der Waals surface area (Å²) in [6.07, 6.45) is 3.81. The van der Waals surface area contributed by atoms with Crippen molar-refractivity contribution in [3.63, 3.8) is 0 Å². The predicted octanol–water partition coefficient (Wildman–Crippen LogP) is 1.50. The number of rotatable bonds is 5. The number of nitrogens with one attached hydrogen (secondary N) is 1. The van der Waals surface area contributed by atoms with E-state index in [1.165, 1.54) is 5.56 Å². The third kappa shape index (κ3) is 6.28. The van der Waals surface area contributed by atoms with Crippen LogP contribution in [0.5, 0.6) is 0 Å². The summed E-state index contributed by atoms with van der Waals surface area (Å²) >= 11 is 0. The molecular formula is C17H26IN7. The molecule has 0 saturated carbocycles. The van der Waals surface area contributed by atoms with Crippen molar-refractivity contribution < 1.29 is 0 Å². The molecule has 1 aromatic heterocycles. The van der Waals surface area contributed by atoms with Crippen LogP contribution in [0.4, 0.5) is 0 Å². The molecule has 0 aliphatic carbocycles.